The molecule has 1 atom stereocenters. The van der Waals surface area contributed by atoms with Crippen LogP contribution >= 0.6 is 0 Å². The van der Waals surface area contributed by atoms with Crippen molar-refractivity contribution in [1.82, 2.24) is 10.3 Å². The van der Waals surface area contributed by atoms with Crippen LogP contribution in [0.1, 0.15) is 12.5 Å². The predicted octanol–water partition coefficient (Wildman–Crippen LogP) is 3.33. The maximum absolute atomic E-state index is 12.4. The van der Waals surface area contributed by atoms with Gasteiger partial charge in [-0.3, -0.25) is 9.59 Å². The number of fused-ring (bicyclic) bond motifs is 1. The number of amides is 2. The minimum atomic E-state index is -0.674. The first kappa shape index (κ1) is 18.3. The second kappa shape index (κ2) is 8.23. The van der Waals surface area contributed by atoms with Gasteiger partial charge in [-0.15, -0.1) is 0 Å². The number of methoxy groups -OCH3 is 1. The summed E-state index contributed by atoms with van der Waals surface area (Å²) in [5, 5.41) is 6.44. The van der Waals surface area contributed by atoms with Crippen LogP contribution in [0.15, 0.2) is 60.8 Å². The number of carbonyl (C=O) groups excluding carboxylic acids is 2. The highest BCUT2D eigenvalue weighted by Gasteiger charge is 2.15. The van der Waals surface area contributed by atoms with Gasteiger partial charge in [0.25, 0.3) is 0 Å². The summed E-state index contributed by atoms with van der Waals surface area (Å²) >= 11 is 0. The standard InChI is InChI=1S/C21H21N3O3/c1-14(21(26)24-19-5-3-4-18-17(19)12-13-22-18)23-20(25)11-8-15-6-9-16(27-2)10-7-15/h3-14,22H,1-2H3,(H,23,25)(H,24,26)/b11-8+. The van der Waals surface area contributed by atoms with E-state index in [1.165, 1.54) is 6.08 Å². The Bertz CT molecular complexity index is 974. The number of H-pyrrole nitrogens is 1. The Balaban J connectivity index is 1.57. The van der Waals surface area contributed by atoms with Crippen molar-refractivity contribution in [3.63, 3.8) is 0 Å². The molecule has 0 aliphatic heterocycles. The van der Waals surface area contributed by atoms with E-state index in [1.54, 1.807) is 20.1 Å². The third-order valence-electron chi connectivity index (χ3n) is 4.15. The first-order valence-corrected chi connectivity index (χ1v) is 8.56. The molecule has 0 aliphatic carbocycles. The van der Waals surface area contributed by atoms with E-state index in [-0.39, 0.29) is 11.8 Å². The van der Waals surface area contributed by atoms with Gasteiger partial charge in [0, 0.05) is 23.2 Å². The van der Waals surface area contributed by atoms with Gasteiger partial charge in [0.2, 0.25) is 11.8 Å². The second-order valence-corrected chi connectivity index (χ2v) is 6.07. The number of aromatic nitrogens is 1. The number of anilines is 1. The molecule has 3 rings (SSSR count). The fourth-order valence-corrected chi connectivity index (χ4v) is 2.65. The molecular formula is C21H21N3O3. The highest BCUT2D eigenvalue weighted by Crippen LogP contribution is 2.22. The molecule has 138 valence electrons. The fraction of sp³-hybridized carbons (Fsp3) is 0.143. The van der Waals surface area contributed by atoms with Crippen LogP contribution in [0.2, 0.25) is 0 Å². The lowest BCUT2D eigenvalue weighted by Crippen LogP contribution is -2.40. The van der Waals surface area contributed by atoms with Crippen molar-refractivity contribution in [2.24, 2.45) is 0 Å². The van der Waals surface area contributed by atoms with Crippen LogP contribution in [-0.2, 0) is 9.59 Å². The molecule has 0 bridgehead atoms. The van der Waals surface area contributed by atoms with Gasteiger partial charge in [-0.2, -0.15) is 0 Å². The maximum Gasteiger partial charge on any atom is 0.246 e. The minimum Gasteiger partial charge on any atom is -0.497 e. The molecule has 1 unspecified atom stereocenters. The summed E-state index contributed by atoms with van der Waals surface area (Å²) in [6.07, 6.45) is 4.90. The van der Waals surface area contributed by atoms with Gasteiger partial charge < -0.3 is 20.4 Å². The zero-order valence-corrected chi connectivity index (χ0v) is 15.2. The molecule has 6 nitrogen and oxygen atoms in total. The number of nitrogens with one attached hydrogen (secondary N) is 3. The van der Waals surface area contributed by atoms with E-state index in [4.69, 9.17) is 4.74 Å². The second-order valence-electron chi connectivity index (χ2n) is 6.07. The third kappa shape index (κ3) is 4.55. The van der Waals surface area contributed by atoms with Gasteiger partial charge in [-0.05, 0) is 48.9 Å². The van der Waals surface area contributed by atoms with Crippen LogP contribution < -0.4 is 15.4 Å². The zero-order chi connectivity index (χ0) is 19.2. The smallest absolute Gasteiger partial charge is 0.246 e. The van der Waals surface area contributed by atoms with Crippen molar-refractivity contribution in [2.45, 2.75) is 13.0 Å². The Morgan fingerprint density at radius 2 is 1.89 bits per heavy atom. The number of rotatable bonds is 6. The van der Waals surface area contributed by atoms with Crippen molar-refractivity contribution in [3.05, 3.63) is 66.4 Å². The van der Waals surface area contributed by atoms with E-state index < -0.39 is 6.04 Å². The number of aromatic amines is 1. The van der Waals surface area contributed by atoms with Crippen molar-refractivity contribution < 1.29 is 14.3 Å². The molecule has 1 aromatic heterocycles. The lowest BCUT2D eigenvalue weighted by molar-refractivity contribution is -0.123. The van der Waals surface area contributed by atoms with Crippen LogP contribution in [0, 0.1) is 0 Å². The summed E-state index contributed by atoms with van der Waals surface area (Å²) < 4.78 is 5.09. The molecule has 0 saturated carbocycles. The molecule has 3 aromatic rings. The minimum absolute atomic E-state index is 0.283. The molecule has 0 fully saturated rings. The normalized spacial score (nSPS) is 12.1. The van der Waals surface area contributed by atoms with Gasteiger partial charge in [0.15, 0.2) is 0 Å². The predicted molar refractivity (Wildman–Crippen MR) is 107 cm³/mol. The average Bonchev–Trinajstić information content (AvgIpc) is 3.16. The van der Waals surface area contributed by atoms with Crippen LogP contribution in [0.25, 0.3) is 17.0 Å². The van der Waals surface area contributed by atoms with Crippen LogP contribution in [-0.4, -0.2) is 29.9 Å². The summed E-state index contributed by atoms with van der Waals surface area (Å²) in [6.45, 7) is 1.64. The molecule has 27 heavy (non-hydrogen) atoms. The van der Waals surface area contributed by atoms with E-state index in [0.29, 0.717) is 5.69 Å². The molecule has 6 heteroatoms. The largest absolute Gasteiger partial charge is 0.497 e. The Labute approximate surface area is 157 Å². The average molecular weight is 363 g/mol. The monoisotopic (exact) mass is 363 g/mol. The number of hydrogen-bond acceptors (Lipinski definition) is 3. The van der Waals surface area contributed by atoms with Gasteiger partial charge in [-0.1, -0.05) is 18.2 Å². The zero-order valence-electron chi connectivity index (χ0n) is 15.2. The van der Waals surface area contributed by atoms with Gasteiger partial charge >= 0.3 is 0 Å². The lowest BCUT2D eigenvalue weighted by atomic mass is 10.2. The van der Waals surface area contributed by atoms with Gasteiger partial charge in [0.05, 0.1) is 12.8 Å². The highest BCUT2D eigenvalue weighted by molar-refractivity contribution is 6.04. The van der Waals surface area contributed by atoms with Gasteiger partial charge in [-0.25, -0.2) is 0 Å². The molecule has 1 heterocycles. The molecule has 2 amide bonds. The van der Waals surface area contributed by atoms with Crippen LogP contribution in [0.4, 0.5) is 5.69 Å². The molecule has 0 spiro atoms. The highest BCUT2D eigenvalue weighted by atomic mass is 16.5. The van der Waals surface area contributed by atoms with E-state index in [2.05, 4.69) is 15.6 Å². The molecular weight excluding hydrogens is 342 g/mol. The van der Waals surface area contributed by atoms with E-state index in [9.17, 15) is 9.59 Å². The molecule has 0 aliphatic rings. The van der Waals surface area contributed by atoms with Crippen molar-refractivity contribution in [1.29, 1.82) is 0 Å². The summed E-state index contributed by atoms with van der Waals surface area (Å²) in [5.74, 6) is 0.127. The van der Waals surface area contributed by atoms with Gasteiger partial charge in [0.1, 0.15) is 11.8 Å². The number of ether oxygens (including phenoxy) is 1. The van der Waals surface area contributed by atoms with Crippen LogP contribution in [0.5, 0.6) is 5.75 Å². The van der Waals surface area contributed by atoms with E-state index >= 15 is 0 Å². The van der Waals surface area contributed by atoms with Crippen molar-refractivity contribution in [2.75, 3.05) is 12.4 Å². The number of carbonyl (C=O) groups is 2. The first-order valence-electron chi connectivity index (χ1n) is 8.56. The maximum atomic E-state index is 12.4. The Kier molecular flexibility index (Phi) is 5.56. The van der Waals surface area contributed by atoms with Crippen LogP contribution in [0.3, 0.4) is 0 Å². The van der Waals surface area contributed by atoms with E-state index in [1.807, 2.05) is 54.7 Å². The summed E-state index contributed by atoms with van der Waals surface area (Å²) in [6, 6.07) is 14.2. The first-order chi connectivity index (χ1) is 13.1. The fourth-order valence-electron chi connectivity index (χ4n) is 2.65. The number of benzene rings is 2. The lowest BCUT2D eigenvalue weighted by Gasteiger charge is -2.13. The summed E-state index contributed by atoms with van der Waals surface area (Å²) in [4.78, 5) is 27.6. The summed E-state index contributed by atoms with van der Waals surface area (Å²) in [7, 11) is 1.60. The third-order valence-corrected chi connectivity index (χ3v) is 4.15. The molecule has 3 N–H and O–H groups in total. The topological polar surface area (TPSA) is 83.2 Å². The quantitative estimate of drug-likeness (QED) is 0.588. The molecule has 0 radical (unpaired) electrons. The number of hydrogen-bond donors (Lipinski definition) is 3. The van der Waals surface area contributed by atoms with E-state index in [0.717, 1.165) is 22.2 Å². The molecule has 0 saturated heterocycles. The molecule has 2 aromatic carbocycles. The Morgan fingerprint density at radius 1 is 1.11 bits per heavy atom. The van der Waals surface area contributed by atoms with Crippen molar-refractivity contribution in [3.8, 4) is 5.75 Å². The Morgan fingerprint density at radius 3 is 2.63 bits per heavy atom. The SMILES string of the molecule is COc1ccc(/C=C/C(=O)NC(C)C(=O)Nc2cccc3[nH]ccc23)cc1. The van der Waals surface area contributed by atoms with Crippen molar-refractivity contribution >= 4 is 34.5 Å². The summed E-state index contributed by atoms with van der Waals surface area (Å²) in [5.41, 5.74) is 2.50. The Hall–Kier alpha value is -3.54.